The Morgan fingerprint density at radius 3 is 2.25 bits per heavy atom. The predicted octanol–water partition coefficient (Wildman–Crippen LogP) is -1.72. The molecule has 1 aliphatic heterocycles. The standard InChI is InChI=1S/C3H8O4Si/c1-2(4)3(7-8)5-6-3/h2,4H,1,8H3. The summed E-state index contributed by atoms with van der Waals surface area (Å²) in [4.78, 5) is 8.74. The molecule has 0 aromatic rings. The Labute approximate surface area is 49.8 Å². The molecule has 4 nitrogen and oxygen atoms in total. The third-order valence-electron chi connectivity index (χ3n) is 1.04. The van der Waals surface area contributed by atoms with Crippen molar-refractivity contribution < 1.29 is 19.3 Å². The lowest BCUT2D eigenvalue weighted by molar-refractivity contribution is -0.0486. The predicted molar refractivity (Wildman–Crippen MR) is 27.6 cm³/mol. The van der Waals surface area contributed by atoms with E-state index in [1.54, 1.807) is 6.92 Å². The third kappa shape index (κ3) is 0.784. The van der Waals surface area contributed by atoms with Gasteiger partial charge in [0.2, 0.25) is 0 Å². The minimum atomic E-state index is -1.09. The molecule has 0 saturated carbocycles. The molecule has 8 heavy (non-hydrogen) atoms. The molecule has 0 radical (unpaired) electrons. The highest BCUT2D eigenvalue weighted by molar-refractivity contribution is 5.98. The molecule has 0 aromatic carbocycles. The van der Waals surface area contributed by atoms with Crippen molar-refractivity contribution >= 4 is 10.5 Å². The molecule has 0 amide bonds. The van der Waals surface area contributed by atoms with Crippen molar-refractivity contribution in [3.05, 3.63) is 0 Å². The van der Waals surface area contributed by atoms with E-state index in [2.05, 4.69) is 9.78 Å². The summed E-state index contributed by atoms with van der Waals surface area (Å²) in [5, 5.41) is 8.79. The molecular formula is C3H8O4Si. The van der Waals surface area contributed by atoms with E-state index in [1.165, 1.54) is 0 Å². The number of aliphatic hydroxyl groups excluding tert-OH is 1. The number of rotatable bonds is 2. The molecule has 0 aliphatic carbocycles. The molecular weight excluding hydrogens is 128 g/mol. The zero-order valence-corrected chi connectivity index (χ0v) is 6.75. The van der Waals surface area contributed by atoms with Gasteiger partial charge in [0.1, 0.15) is 6.10 Å². The largest absolute Gasteiger partial charge is 0.385 e. The third-order valence-corrected chi connectivity index (χ3v) is 1.61. The van der Waals surface area contributed by atoms with Gasteiger partial charge in [-0.1, -0.05) is 0 Å². The summed E-state index contributed by atoms with van der Waals surface area (Å²) >= 11 is 0. The van der Waals surface area contributed by atoms with Gasteiger partial charge in [0.15, 0.2) is 10.5 Å². The Balaban J connectivity index is 2.41. The maximum atomic E-state index is 8.79. The van der Waals surface area contributed by atoms with Gasteiger partial charge in [0.05, 0.1) is 0 Å². The normalized spacial score (nSPS) is 27.8. The van der Waals surface area contributed by atoms with Crippen LogP contribution < -0.4 is 0 Å². The minimum Gasteiger partial charge on any atom is -0.385 e. The van der Waals surface area contributed by atoms with Gasteiger partial charge in [-0.15, -0.1) is 0 Å². The molecule has 0 bridgehead atoms. The van der Waals surface area contributed by atoms with Crippen molar-refractivity contribution in [1.82, 2.24) is 0 Å². The van der Waals surface area contributed by atoms with Gasteiger partial charge in [-0.25, -0.2) is 0 Å². The Kier molecular flexibility index (Phi) is 1.38. The maximum Gasteiger partial charge on any atom is 0.356 e. The summed E-state index contributed by atoms with van der Waals surface area (Å²) < 4.78 is 4.75. The first-order valence-corrected chi connectivity index (χ1v) is 3.13. The summed E-state index contributed by atoms with van der Waals surface area (Å²) in [5.41, 5.74) is 0. The zero-order valence-electron chi connectivity index (χ0n) is 4.75. The molecule has 1 fully saturated rings. The Bertz CT molecular complexity index is 89.3. The van der Waals surface area contributed by atoms with Crippen LogP contribution in [0.25, 0.3) is 0 Å². The van der Waals surface area contributed by atoms with Crippen LogP contribution in [0.15, 0.2) is 0 Å². The van der Waals surface area contributed by atoms with E-state index < -0.39 is 12.1 Å². The van der Waals surface area contributed by atoms with Crippen molar-refractivity contribution in [1.29, 1.82) is 0 Å². The van der Waals surface area contributed by atoms with Crippen molar-refractivity contribution in [2.75, 3.05) is 0 Å². The highest BCUT2D eigenvalue weighted by Gasteiger charge is 2.54. The lowest BCUT2D eigenvalue weighted by Gasteiger charge is -2.06. The fraction of sp³-hybridized carbons (Fsp3) is 1.00. The molecule has 1 heterocycles. The SMILES string of the molecule is CC(O)C1(O[SiH3])OO1. The fourth-order valence-corrected chi connectivity index (χ4v) is 0.896. The quantitative estimate of drug-likeness (QED) is 0.279. The van der Waals surface area contributed by atoms with Crippen molar-refractivity contribution in [2.45, 2.75) is 19.0 Å². The van der Waals surface area contributed by atoms with Crippen LogP contribution in [-0.2, 0) is 14.2 Å². The molecule has 1 unspecified atom stereocenters. The van der Waals surface area contributed by atoms with Gasteiger partial charge in [-0.05, 0) is 6.92 Å². The Morgan fingerprint density at radius 2 is 2.25 bits per heavy atom. The average Bonchev–Trinajstić information content (AvgIpc) is 2.44. The summed E-state index contributed by atoms with van der Waals surface area (Å²) in [6, 6.07) is 0. The molecule has 1 saturated heterocycles. The Hall–Kier alpha value is 0.0569. The van der Waals surface area contributed by atoms with Crippen LogP contribution in [0.4, 0.5) is 0 Å². The van der Waals surface area contributed by atoms with Crippen LogP contribution in [0, 0.1) is 0 Å². The van der Waals surface area contributed by atoms with E-state index in [0.29, 0.717) is 10.5 Å². The van der Waals surface area contributed by atoms with E-state index in [1.807, 2.05) is 0 Å². The van der Waals surface area contributed by atoms with Gasteiger partial charge in [-0.3, -0.25) is 0 Å². The molecule has 1 atom stereocenters. The van der Waals surface area contributed by atoms with E-state index >= 15 is 0 Å². The highest BCUT2D eigenvalue weighted by atomic mass is 28.2. The van der Waals surface area contributed by atoms with E-state index in [-0.39, 0.29) is 0 Å². The smallest absolute Gasteiger partial charge is 0.356 e. The summed E-state index contributed by atoms with van der Waals surface area (Å²) in [6.07, 6.45) is -0.708. The first-order chi connectivity index (χ1) is 3.71. The first kappa shape index (κ1) is 6.18. The van der Waals surface area contributed by atoms with Crippen LogP contribution in [-0.4, -0.2) is 27.7 Å². The maximum absolute atomic E-state index is 8.79. The minimum absolute atomic E-state index is 0.498. The fourth-order valence-electron chi connectivity index (χ4n) is 0.419. The van der Waals surface area contributed by atoms with E-state index in [4.69, 9.17) is 9.53 Å². The topological polar surface area (TPSA) is 54.5 Å². The van der Waals surface area contributed by atoms with E-state index in [9.17, 15) is 0 Å². The summed E-state index contributed by atoms with van der Waals surface area (Å²) in [6.45, 7) is 1.55. The van der Waals surface area contributed by atoms with Crippen LogP contribution in [0.3, 0.4) is 0 Å². The lowest BCUT2D eigenvalue weighted by atomic mass is 10.4. The second-order valence-corrected chi connectivity index (χ2v) is 2.06. The monoisotopic (exact) mass is 136 g/mol. The number of hydrogen-bond donors (Lipinski definition) is 1. The van der Waals surface area contributed by atoms with Gasteiger partial charge < -0.3 is 9.53 Å². The van der Waals surface area contributed by atoms with Gasteiger partial charge in [-0.2, -0.15) is 9.78 Å². The van der Waals surface area contributed by atoms with Crippen molar-refractivity contribution in [3.8, 4) is 0 Å². The molecule has 5 heteroatoms. The molecule has 0 spiro atoms. The highest BCUT2D eigenvalue weighted by Crippen LogP contribution is 2.32. The second kappa shape index (κ2) is 1.78. The van der Waals surface area contributed by atoms with Crippen LogP contribution in [0.1, 0.15) is 6.92 Å². The van der Waals surface area contributed by atoms with Gasteiger partial charge in [0, 0.05) is 0 Å². The second-order valence-electron chi connectivity index (χ2n) is 1.65. The summed E-state index contributed by atoms with van der Waals surface area (Å²) in [5.74, 6) is -1.09. The van der Waals surface area contributed by atoms with Crippen molar-refractivity contribution in [2.24, 2.45) is 0 Å². The van der Waals surface area contributed by atoms with Crippen LogP contribution in [0.2, 0.25) is 0 Å². The zero-order chi connectivity index (χ0) is 6.20. The Morgan fingerprint density at radius 1 is 1.75 bits per heavy atom. The first-order valence-electron chi connectivity index (χ1n) is 2.31. The molecule has 48 valence electrons. The molecule has 1 N–H and O–H groups in total. The molecule has 1 rings (SSSR count). The van der Waals surface area contributed by atoms with Crippen LogP contribution >= 0.6 is 0 Å². The lowest BCUT2D eigenvalue weighted by Crippen LogP contribution is -2.28. The van der Waals surface area contributed by atoms with Crippen LogP contribution in [0.5, 0.6) is 0 Å². The summed E-state index contributed by atoms with van der Waals surface area (Å²) in [7, 11) is 0.498. The molecule has 0 aromatic heterocycles. The average molecular weight is 136 g/mol. The number of hydrogen-bond acceptors (Lipinski definition) is 4. The van der Waals surface area contributed by atoms with Crippen molar-refractivity contribution in [3.63, 3.8) is 0 Å². The van der Waals surface area contributed by atoms with Gasteiger partial charge >= 0.3 is 5.97 Å². The molecule has 1 aliphatic rings. The number of aliphatic hydroxyl groups is 1. The van der Waals surface area contributed by atoms with E-state index in [0.717, 1.165) is 0 Å². The van der Waals surface area contributed by atoms with Gasteiger partial charge in [0.25, 0.3) is 0 Å².